The first-order chi connectivity index (χ1) is 14.3. The van der Waals surface area contributed by atoms with Crippen molar-refractivity contribution in [3.05, 3.63) is 65.2 Å². The summed E-state index contributed by atoms with van der Waals surface area (Å²) in [5.41, 5.74) is 6.23. The Bertz CT molecular complexity index is 1170. The summed E-state index contributed by atoms with van der Waals surface area (Å²) in [5.74, 6) is 0.433. The number of ether oxygens (including phenoxy) is 1. The molecule has 3 rings (SSSR count). The Balaban J connectivity index is 2.27. The van der Waals surface area contributed by atoms with Crippen molar-refractivity contribution in [2.45, 2.75) is 13.1 Å². The molecule has 0 saturated heterocycles. The lowest BCUT2D eigenvalue weighted by Gasteiger charge is -2.15. The highest BCUT2D eigenvalue weighted by atomic mass is 19.4. The molecule has 0 spiro atoms. The number of nitriles is 2. The maximum Gasteiger partial charge on any atom is 0.416 e. The molecular formula is C22H15F3N4O. The third-order valence-corrected chi connectivity index (χ3v) is 4.37. The summed E-state index contributed by atoms with van der Waals surface area (Å²) in [6.07, 6.45) is -4.50. The van der Waals surface area contributed by atoms with Crippen LogP contribution in [0.3, 0.4) is 0 Å². The van der Waals surface area contributed by atoms with Crippen LogP contribution in [-0.4, -0.2) is 11.6 Å². The number of benzene rings is 2. The SMILES string of the molecule is CCOc1cccc(-c2nc(N)c(C#N)c(-c3ccc(C(F)(F)F)cc3)c2C#N)c1. The summed E-state index contributed by atoms with van der Waals surface area (Å²) in [6, 6.07) is 15.0. The van der Waals surface area contributed by atoms with E-state index < -0.39 is 11.7 Å². The molecule has 30 heavy (non-hydrogen) atoms. The highest BCUT2D eigenvalue weighted by Gasteiger charge is 2.30. The molecule has 0 fully saturated rings. The van der Waals surface area contributed by atoms with Gasteiger partial charge in [-0.25, -0.2) is 4.98 Å². The van der Waals surface area contributed by atoms with Crippen LogP contribution in [0.1, 0.15) is 23.6 Å². The van der Waals surface area contributed by atoms with E-state index in [0.717, 1.165) is 12.1 Å². The molecular weight excluding hydrogens is 393 g/mol. The van der Waals surface area contributed by atoms with Crippen LogP contribution in [0.2, 0.25) is 0 Å². The zero-order chi connectivity index (χ0) is 21.9. The Morgan fingerprint density at radius 3 is 2.23 bits per heavy atom. The quantitative estimate of drug-likeness (QED) is 0.643. The monoisotopic (exact) mass is 408 g/mol. The van der Waals surface area contributed by atoms with E-state index in [1.807, 2.05) is 19.1 Å². The average Bonchev–Trinajstić information content (AvgIpc) is 2.73. The molecule has 2 aromatic carbocycles. The molecule has 0 aliphatic carbocycles. The van der Waals surface area contributed by atoms with Crippen LogP contribution >= 0.6 is 0 Å². The van der Waals surface area contributed by atoms with Gasteiger partial charge >= 0.3 is 6.18 Å². The highest BCUT2D eigenvalue weighted by molar-refractivity contribution is 5.87. The standard InChI is InChI=1S/C22H15F3N4O/c1-2-30-16-5-3-4-14(10-16)20-17(11-26)19(18(12-27)21(28)29-20)13-6-8-15(9-7-13)22(23,24)25/h3-10H,2H2,1H3,(H2,28,29). The smallest absolute Gasteiger partial charge is 0.416 e. The largest absolute Gasteiger partial charge is 0.494 e. The Hall–Kier alpha value is -4.04. The molecule has 2 N–H and O–H groups in total. The third-order valence-electron chi connectivity index (χ3n) is 4.37. The molecule has 1 heterocycles. The van der Waals surface area contributed by atoms with Gasteiger partial charge in [-0.05, 0) is 36.8 Å². The van der Waals surface area contributed by atoms with E-state index in [2.05, 4.69) is 4.98 Å². The Morgan fingerprint density at radius 2 is 1.67 bits per heavy atom. The first-order valence-corrected chi connectivity index (χ1v) is 8.84. The maximum absolute atomic E-state index is 12.9. The number of rotatable bonds is 4. The molecule has 0 aliphatic rings. The van der Waals surface area contributed by atoms with E-state index in [0.29, 0.717) is 17.9 Å². The van der Waals surface area contributed by atoms with Crippen molar-refractivity contribution >= 4 is 5.82 Å². The molecule has 0 bridgehead atoms. The topological polar surface area (TPSA) is 95.7 Å². The zero-order valence-corrected chi connectivity index (χ0v) is 15.8. The van der Waals surface area contributed by atoms with Crippen molar-refractivity contribution in [2.24, 2.45) is 0 Å². The van der Waals surface area contributed by atoms with Crippen LogP contribution in [0, 0.1) is 22.7 Å². The lowest BCUT2D eigenvalue weighted by atomic mass is 9.92. The Kier molecular flexibility index (Phi) is 5.61. The number of aromatic nitrogens is 1. The molecule has 0 atom stereocenters. The van der Waals surface area contributed by atoms with Crippen LogP contribution in [0.25, 0.3) is 22.4 Å². The number of hydrogen-bond donors (Lipinski definition) is 1. The number of nitrogen functional groups attached to an aromatic ring is 1. The van der Waals surface area contributed by atoms with E-state index in [1.165, 1.54) is 12.1 Å². The Labute approximate surface area is 170 Å². The second-order valence-corrected chi connectivity index (χ2v) is 6.23. The zero-order valence-electron chi connectivity index (χ0n) is 15.8. The van der Waals surface area contributed by atoms with Gasteiger partial charge in [0.2, 0.25) is 0 Å². The molecule has 0 amide bonds. The molecule has 150 valence electrons. The fraction of sp³-hybridized carbons (Fsp3) is 0.136. The van der Waals surface area contributed by atoms with E-state index in [9.17, 15) is 23.7 Å². The van der Waals surface area contributed by atoms with Crippen molar-refractivity contribution in [1.82, 2.24) is 4.98 Å². The van der Waals surface area contributed by atoms with Crippen molar-refractivity contribution < 1.29 is 17.9 Å². The summed E-state index contributed by atoms with van der Waals surface area (Å²) in [7, 11) is 0. The maximum atomic E-state index is 12.9. The van der Waals surface area contributed by atoms with Crippen LogP contribution in [0.15, 0.2) is 48.5 Å². The van der Waals surface area contributed by atoms with Gasteiger partial charge in [0.25, 0.3) is 0 Å². The number of nitrogens with two attached hydrogens (primary N) is 1. The first-order valence-electron chi connectivity index (χ1n) is 8.84. The lowest BCUT2D eigenvalue weighted by Crippen LogP contribution is -2.06. The van der Waals surface area contributed by atoms with Crippen molar-refractivity contribution in [3.63, 3.8) is 0 Å². The van der Waals surface area contributed by atoms with Crippen LogP contribution < -0.4 is 10.5 Å². The molecule has 8 heteroatoms. The summed E-state index contributed by atoms with van der Waals surface area (Å²) >= 11 is 0. The number of anilines is 1. The summed E-state index contributed by atoms with van der Waals surface area (Å²) in [6.45, 7) is 2.27. The minimum absolute atomic E-state index is 0.0363. The second-order valence-electron chi connectivity index (χ2n) is 6.23. The normalized spacial score (nSPS) is 10.9. The van der Waals surface area contributed by atoms with E-state index in [4.69, 9.17) is 10.5 Å². The number of pyridine rings is 1. The molecule has 1 aromatic heterocycles. The van der Waals surface area contributed by atoms with Gasteiger partial charge in [0, 0.05) is 11.1 Å². The summed E-state index contributed by atoms with van der Waals surface area (Å²) in [4.78, 5) is 4.23. The molecule has 0 unspecified atom stereocenters. The van der Waals surface area contributed by atoms with Crippen LogP contribution in [0.4, 0.5) is 19.0 Å². The number of hydrogen-bond acceptors (Lipinski definition) is 5. The van der Waals surface area contributed by atoms with Gasteiger partial charge in [-0.3, -0.25) is 0 Å². The Morgan fingerprint density at radius 1 is 1.00 bits per heavy atom. The van der Waals surface area contributed by atoms with Gasteiger partial charge in [-0.1, -0.05) is 24.3 Å². The number of alkyl halides is 3. The van der Waals surface area contributed by atoms with Gasteiger partial charge in [-0.15, -0.1) is 0 Å². The second kappa shape index (κ2) is 8.14. The number of halogens is 3. The first kappa shape index (κ1) is 20.7. The van der Waals surface area contributed by atoms with Gasteiger partial charge in [0.15, 0.2) is 0 Å². The predicted octanol–water partition coefficient (Wildman–Crippen LogP) is 5.16. The van der Waals surface area contributed by atoms with Gasteiger partial charge in [-0.2, -0.15) is 23.7 Å². The molecule has 0 radical (unpaired) electrons. The molecule has 0 aliphatic heterocycles. The average molecular weight is 408 g/mol. The lowest BCUT2D eigenvalue weighted by molar-refractivity contribution is -0.137. The number of nitrogens with zero attached hydrogens (tertiary/aromatic N) is 3. The fourth-order valence-corrected chi connectivity index (χ4v) is 3.05. The van der Waals surface area contributed by atoms with Gasteiger partial charge < -0.3 is 10.5 Å². The third kappa shape index (κ3) is 3.89. The minimum atomic E-state index is -4.50. The highest BCUT2D eigenvalue weighted by Crippen LogP contribution is 2.38. The van der Waals surface area contributed by atoms with Gasteiger partial charge in [0.1, 0.15) is 29.3 Å². The van der Waals surface area contributed by atoms with Gasteiger partial charge in [0.05, 0.1) is 23.4 Å². The summed E-state index contributed by atoms with van der Waals surface area (Å²) in [5, 5.41) is 19.4. The van der Waals surface area contributed by atoms with Crippen LogP contribution in [-0.2, 0) is 6.18 Å². The molecule has 0 saturated carbocycles. The van der Waals surface area contributed by atoms with E-state index in [1.54, 1.807) is 24.3 Å². The molecule has 3 aromatic rings. The van der Waals surface area contributed by atoms with Crippen LogP contribution in [0.5, 0.6) is 5.75 Å². The fourth-order valence-electron chi connectivity index (χ4n) is 3.05. The minimum Gasteiger partial charge on any atom is -0.494 e. The van der Waals surface area contributed by atoms with Crippen molar-refractivity contribution in [2.75, 3.05) is 12.3 Å². The summed E-state index contributed by atoms with van der Waals surface area (Å²) < 4.78 is 44.2. The van der Waals surface area contributed by atoms with Crippen molar-refractivity contribution in [1.29, 1.82) is 10.5 Å². The van der Waals surface area contributed by atoms with E-state index >= 15 is 0 Å². The predicted molar refractivity (Wildman–Crippen MR) is 105 cm³/mol. The van der Waals surface area contributed by atoms with E-state index in [-0.39, 0.29) is 33.8 Å². The molecule has 5 nitrogen and oxygen atoms in total. The van der Waals surface area contributed by atoms with Crippen molar-refractivity contribution in [3.8, 4) is 40.3 Å².